The number of rotatable bonds is 6. The standard InChI is InChI=1S/C21H22N2O2/c1-16(11-12-24)23(15-17-7-3-2-4-8-17)21(25)20-14-22-13-18-9-5-6-10-19(18)20/h2-10,13-14,16,24H,11-12,15H2,1H3. The Labute approximate surface area is 147 Å². The number of nitrogens with zero attached hydrogens (tertiary/aromatic N) is 2. The summed E-state index contributed by atoms with van der Waals surface area (Å²) in [5, 5.41) is 11.2. The van der Waals surface area contributed by atoms with Gasteiger partial charge in [0.1, 0.15) is 0 Å². The zero-order valence-corrected chi connectivity index (χ0v) is 14.3. The van der Waals surface area contributed by atoms with Gasteiger partial charge in [0, 0.05) is 37.0 Å². The van der Waals surface area contributed by atoms with E-state index in [4.69, 9.17) is 0 Å². The largest absolute Gasteiger partial charge is 0.396 e. The second-order valence-electron chi connectivity index (χ2n) is 6.19. The molecule has 1 N–H and O–H groups in total. The summed E-state index contributed by atoms with van der Waals surface area (Å²) in [6, 6.07) is 17.6. The van der Waals surface area contributed by atoms with E-state index in [1.54, 1.807) is 12.4 Å². The summed E-state index contributed by atoms with van der Waals surface area (Å²) in [4.78, 5) is 19.3. The van der Waals surface area contributed by atoms with Gasteiger partial charge < -0.3 is 10.0 Å². The lowest BCUT2D eigenvalue weighted by atomic mass is 10.0. The molecule has 0 aliphatic heterocycles. The fraction of sp³-hybridized carbons (Fsp3) is 0.238. The van der Waals surface area contributed by atoms with Gasteiger partial charge in [-0.15, -0.1) is 0 Å². The van der Waals surface area contributed by atoms with E-state index in [-0.39, 0.29) is 18.6 Å². The molecule has 1 amide bonds. The van der Waals surface area contributed by atoms with Crippen LogP contribution in [0.15, 0.2) is 67.0 Å². The minimum absolute atomic E-state index is 0.0491. The highest BCUT2D eigenvalue weighted by Crippen LogP contribution is 2.21. The highest BCUT2D eigenvalue weighted by atomic mass is 16.3. The second kappa shape index (κ2) is 7.90. The molecular weight excluding hydrogens is 312 g/mol. The summed E-state index contributed by atoms with van der Waals surface area (Å²) >= 11 is 0. The van der Waals surface area contributed by atoms with Crippen molar-refractivity contribution >= 4 is 16.7 Å². The van der Waals surface area contributed by atoms with E-state index in [2.05, 4.69) is 4.98 Å². The maximum Gasteiger partial charge on any atom is 0.256 e. The lowest BCUT2D eigenvalue weighted by molar-refractivity contribution is 0.0650. The Morgan fingerprint density at radius 3 is 2.56 bits per heavy atom. The van der Waals surface area contributed by atoms with E-state index < -0.39 is 0 Å². The van der Waals surface area contributed by atoms with Crippen LogP contribution in [0.1, 0.15) is 29.3 Å². The topological polar surface area (TPSA) is 53.4 Å². The minimum atomic E-state index is -0.0725. The van der Waals surface area contributed by atoms with E-state index >= 15 is 0 Å². The highest BCUT2D eigenvalue weighted by Gasteiger charge is 2.23. The van der Waals surface area contributed by atoms with Gasteiger partial charge in [0.15, 0.2) is 0 Å². The summed E-state index contributed by atoms with van der Waals surface area (Å²) < 4.78 is 0. The van der Waals surface area contributed by atoms with Crippen LogP contribution in [-0.4, -0.2) is 33.5 Å². The number of hydrogen-bond acceptors (Lipinski definition) is 3. The third kappa shape index (κ3) is 3.86. The first-order valence-electron chi connectivity index (χ1n) is 8.49. The van der Waals surface area contributed by atoms with Gasteiger partial charge >= 0.3 is 0 Å². The second-order valence-corrected chi connectivity index (χ2v) is 6.19. The molecule has 1 unspecified atom stereocenters. The molecule has 3 aromatic rings. The summed E-state index contributed by atoms with van der Waals surface area (Å²) in [5.41, 5.74) is 1.66. The molecular formula is C21H22N2O2. The molecule has 0 saturated carbocycles. The summed E-state index contributed by atoms with van der Waals surface area (Å²) in [5.74, 6) is -0.0610. The van der Waals surface area contributed by atoms with Crippen molar-refractivity contribution in [1.29, 1.82) is 0 Å². The van der Waals surface area contributed by atoms with Crippen molar-refractivity contribution in [2.24, 2.45) is 0 Å². The Kier molecular flexibility index (Phi) is 5.41. The van der Waals surface area contributed by atoms with Crippen LogP contribution in [0.4, 0.5) is 0 Å². The van der Waals surface area contributed by atoms with E-state index in [0.717, 1.165) is 16.3 Å². The number of aromatic nitrogens is 1. The molecule has 1 atom stereocenters. The monoisotopic (exact) mass is 334 g/mol. The van der Waals surface area contributed by atoms with Gasteiger partial charge in [0.2, 0.25) is 0 Å². The maximum absolute atomic E-state index is 13.3. The van der Waals surface area contributed by atoms with Gasteiger partial charge in [-0.3, -0.25) is 9.78 Å². The summed E-state index contributed by atoms with van der Waals surface area (Å²) in [6.07, 6.45) is 3.94. The van der Waals surface area contributed by atoms with Crippen molar-refractivity contribution in [3.05, 3.63) is 78.1 Å². The number of fused-ring (bicyclic) bond motifs is 1. The third-order valence-corrected chi connectivity index (χ3v) is 4.43. The van der Waals surface area contributed by atoms with Gasteiger partial charge in [-0.25, -0.2) is 0 Å². The van der Waals surface area contributed by atoms with Crippen LogP contribution in [0.2, 0.25) is 0 Å². The minimum Gasteiger partial charge on any atom is -0.396 e. The van der Waals surface area contributed by atoms with Crippen LogP contribution < -0.4 is 0 Å². The first-order chi connectivity index (χ1) is 12.2. The lowest BCUT2D eigenvalue weighted by Crippen LogP contribution is -2.38. The average Bonchev–Trinajstić information content (AvgIpc) is 2.66. The first-order valence-corrected chi connectivity index (χ1v) is 8.49. The number of hydrogen-bond donors (Lipinski definition) is 1. The van der Waals surface area contributed by atoms with Crippen LogP contribution >= 0.6 is 0 Å². The quantitative estimate of drug-likeness (QED) is 0.749. The zero-order chi connectivity index (χ0) is 17.6. The molecule has 2 aromatic carbocycles. The Morgan fingerprint density at radius 2 is 1.80 bits per heavy atom. The molecule has 1 aromatic heterocycles. The molecule has 3 rings (SSSR count). The first kappa shape index (κ1) is 17.1. The maximum atomic E-state index is 13.3. The van der Waals surface area contributed by atoms with E-state index in [1.807, 2.05) is 66.4 Å². The summed E-state index contributed by atoms with van der Waals surface area (Å²) in [7, 11) is 0. The third-order valence-electron chi connectivity index (χ3n) is 4.43. The molecule has 0 aliphatic carbocycles. The normalized spacial score (nSPS) is 12.1. The van der Waals surface area contributed by atoms with E-state index in [0.29, 0.717) is 18.5 Å². The van der Waals surface area contributed by atoms with Gasteiger partial charge in [-0.05, 0) is 24.3 Å². The van der Waals surface area contributed by atoms with Crippen molar-refractivity contribution < 1.29 is 9.90 Å². The number of carbonyl (C=O) groups is 1. The molecule has 0 spiro atoms. The molecule has 128 valence electrons. The van der Waals surface area contributed by atoms with Crippen molar-refractivity contribution in [2.45, 2.75) is 25.9 Å². The predicted octanol–water partition coefficient (Wildman–Crippen LogP) is 3.65. The molecule has 0 saturated heterocycles. The number of aliphatic hydroxyl groups excluding tert-OH is 1. The van der Waals surface area contributed by atoms with Crippen LogP contribution in [0.5, 0.6) is 0 Å². The fourth-order valence-electron chi connectivity index (χ4n) is 2.99. The Bertz CT molecular complexity index is 843. The van der Waals surface area contributed by atoms with Gasteiger partial charge in [0.25, 0.3) is 5.91 Å². The van der Waals surface area contributed by atoms with Crippen molar-refractivity contribution in [3.8, 4) is 0 Å². The van der Waals surface area contributed by atoms with Crippen LogP contribution in [0.25, 0.3) is 10.8 Å². The Morgan fingerprint density at radius 1 is 1.08 bits per heavy atom. The Balaban J connectivity index is 1.98. The molecule has 25 heavy (non-hydrogen) atoms. The SMILES string of the molecule is CC(CCO)N(Cc1ccccc1)C(=O)c1cncc2ccccc12. The molecule has 0 fully saturated rings. The highest BCUT2D eigenvalue weighted by molar-refractivity contribution is 6.06. The number of amides is 1. The molecule has 4 heteroatoms. The van der Waals surface area contributed by atoms with E-state index in [1.165, 1.54) is 0 Å². The van der Waals surface area contributed by atoms with Crippen molar-refractivity contribution in [2.75, 3.05) is 6.61 Å². The predicted molar refractivity (Wildman–Crippen MR) is 99.2 cm³/mol. The number of benzene rings is 2. The van der Waals surface area contributed by atoms with Crippen molar-refractivity contribution in [3.63, 3.8) is 0 Å². The summed E-state index contributed by atoms with van der Waals surface area (Å²) in [6.45, 7) is 2.52. The fourth-order valence-corrected chi connectivity index (χ4v) is 2.99. The van der Waals surface area contributed by atoms with Crippen molar-refractivity contribution in [1.82, 2.24) is 9.88 Å². The number of pyridine rings is 1. The molecule has 4 nitrogen and oxygen atoms in total. The van der Waals surface area contributed by atoms with Gasteiger partial charge in [-0.1, -0.05) is 54.6 Å². The van der Waals surface area contributed by atoms with Crippen LogP contribution in [0, 0.1) is 0 Å². The van der Waals surface area contributed by atoms with Gasteiger partial charge in [-0.2, -0.15) is 0 Å². The van der Waals surface area contributed by atoms with Crippen LogP contribution in [0.3, 0.4) is 0 Å². The lowest BCUT2D eigenvalue weighted by Gasteiger charge is -2.29. The molecule has 0 bridgehead atoms. The van der Waals surface area contributed by atoms with E-state index in [9.17, 15) is 9.90 Å². The van der Waals surface area contributed by atoms with Gasteiger partial charge in [0.05, 0.1) is 5.56 Å². The zero-order valence-electron chi connectivity index (χ0n) is 14.3. The smallest absolute Gasteiger partial charge is 0.256 e. The molecule has 0 aliphatic rings. The number of carbonyl (C=O) groups excluding carboxylic acids is 1. The van der Waals surface area contributed by atoms with Crippen LogP contribution in [-0.2, 0) is 6.54 Å². The molecule has 1 heterocycles. The number of aliphatic hydroxyl groups is 1. The molecule has 0 radical (unpaired) electrons. The Hall–Kier alpha value is -2.72. The average molecular weight is 334 g/mol.